The Kier molecular flexibility index (Phi) is 5.54. The predicted molar refractivity (Wildman–Crippen MR) is 90.2 cm³/mol. The minimum atomic E-state index is -0.189. The van der Waals surface area contributed by atoms with Gasteiger partial charge in [0, 0.05) is 4.47 Å². The van der Waals surface area contributed by atoms with E-state index in [9.17, 15) is 4.39 Å². The molecule has 1 atom stereocenters. The molecule has 0 spiro atoms. The van der Waals surface area contributed by atoms with Gasteiger partial charge in [0.2, 0.25) is 0 Å². The number of aryl methyl sites for hydroxylation is 2. The van der Waals surface area contributed by atoms with Gasteiger partial charge in [0.25, 0.3) is 0 Å². The quantitative estimate of drug-likeness (QED) is 0.772. The fourth-order valence-electron chi connectivity index (χ4n) is 2.55. The lowest BCUT2D eigenvalue weighted by atomic mass is 9.94. The number of halogens is 2. The third kappa shape index (κ3) is 4.14. The van der Waals surface area contributed by atoms with Gasteiger partial charge < -0.3 is 5.32 Å². The maximum Gasteiger partial charge on any atom is 0.123 e. The van der Waals surface area contributed by atoms with Crippen molar-refractivity contribution in [1.82, 2.24) is 5.32 Å². The Labute approximate surface area is 134 Å². The van der Waals surface area contributed by atoms with Crippen molar-refractivity contribution < 1.29 is 4.39 Å². The van der Waals surface area contributed by atoms with E-state index in [-0.39, 0.29) is 11.9 Å². The van der Waals surface area contributed by atoms with Gasteiger partial charge in [-0.15, -0.1) is 0 Å². The highest BCUT2D eigenvalue weighted by molar-refractivity contribution is 9.10. The highest BCUT2D eigenvalue weighted by Gasteiger charge is 2.17. The first-order chi connectivity index (χ1) is 10.0. The van der Waals surface area contributed by atoms with Gasteiger partial charge in [0.15, 0.2) is 0 Å². The predicted octanol–water partition coefficient (Wildman–Crippen LogP) is 5.29. The number of hydrogen-bond acceptors (Lipinski definition) is 1. The van der Waals surface area contributed by atoms with Crippen LogP contribution in [0.15, 0.2) is 40.9 Å². The number of hydrogen-bond donors (Lipinski definition) is 1. The van der Waals surface area contributed by atoms with E-state index in [2.05, 4.69) is 53.3 Å². The summed E-state index contributed by atoms with van der Waals surface area (Å²) in [5.74, 6) is -0.189. The third-order valence-electron chi connectivity index (χ3n) is 3.55. The molecule has 0 heterocycles. The highest BCUT2D eigenvalue weighted by atomic mass is 79.9. The SMILES string of the molecule is CCCNC(c1cc(C)cc(Br)c1)c1cc(F)ccc1C. The molecule has 21 heavy (non-hydrogen) atoms. The Morgan fingerprint density at radius 2 is 1.90 bits per heavy atom. The van der Waals surface area contributed by atoms with Gasteiger partial charge in [-0.3, -0.25) is 0 Å². The minimum absolute atomic E-state index is 0.0110. The van der Waals surface area contributed by atoms with Gasteiger partial charge in [-0.25, -0.2) is 4.39 Å². The molecule has 3 heteroatoms. The van der Waals surface area contributed by atoms with Crippen molar-refractivity contribution in [3.05, 3.63) is 68.9 Å². The average molecular weight is 350 g/mol. The molecule has 1 N–H and O–H groups in total. The van der Waals surface area contributed by atoms with Crippen molar-refractivity contribution in [2.24, 2.45) is 0 Å². The van der Waals surface area contributed by atoms with Crippen LogP contribution in [0.4, 0.5) is 4.39 Å². The van der Waals surface area contributed by atoms with Gasteiger partial charge in [0.05, 0.1) is 6.04 Å². The Bertz CT molecular complexity index is 604. The molecule has 1 unspecified atom stereocenters. The van der Waals surface area contributed by atoms with Gasteiger partial charge >= 0.3 is 0 Å². The van der Waals surface area contributed by atoms with Crippen LogP contribution in [0.2, 0.25) is 0 Å². The molecule has 0 saturated carbocycles. The zero-order chi connectivity index (χ0) is 15.4. The number of nitrogens with one attached hydrogen (secondary N) is 1. The molecule has 0 fully saturated rings. The third-order valence-corrected chi connectivity index (χ3v) is 4.01. The minimum Gasteiger partial charge on any atom is -0.306 e. The lowest BCUT2D eigenvalue weighted by molar-refractivity contribution is 0.582. The monoisotopic (exact) mass is 349 g/mol. The summed E-state index contributed by atoms with van der Waals surface area (Å²) in [5.41, 5.74) is 4.45. The van der Waals surface area contributed by atoms with E-state index in [0.717, 1.165) is 34.1 Å². The van der Waals surface area contributed by atoms with Gasteiger partial charge in [-0.1, -0.05) is 35.0 Å². The molecule has 0 saturated heterocycles. The maximum absolute atomic E-state index is 13.7. The average Bonchev–Trinajstić information content (AvgIpc) is 2.42. The van der Waals surface area contributed by atoms with E-state index in [0.29, 0.717) is 0 Å². The summed E-state index contributed by atoms with van der Waals surface area (Å²) in [5, 5.41) is 3.54. The molecule has 0 aromatic heterocycles. The fourth-order valence-corrected chi connectivity index (χ4v) is 3.18. The summed E-state index contributed by atoms with van der Waals surface area (Å²) in [6, 6.07) is 11.3. The second-order valence-electron chi connectivity index (χ2n) is 5.45. The molecule has 2 aromatic carbocycles. The molecule has 0 aliphatic rings. The first-order valence-electron chi connectivity index (χ1n) is 7.27. The van der Waals surface area contributed by atoms with E-state index in [1.165, 1.54) is 11.6 Å². The smallest absolute Gasteiger partial charge is 0.123 e. The van der Waals surface area contributed by atoms with Crippen molar-refractivity contribution in [2.75, 3.05) is 6.54 Å². The summed E-state index contributed by atoms with van der Waals surface area (Å²) in [4.78, 5) is 0. The van der Waals surface area contributed by atoms with Crippen LogP contribution in [0.3, 0.4) is 0 Å². The fraction of sp³-hybridized carbons (Fsp3) is 0.333. The van der Waals surface area contributed by atoms with Crippen LogP contribution in [0, 0.1) is 19.7 Å². The molecule has 0 aliphatic heterocycles. The van der Waals surface area contributed by atoms with E-state index < -0.39 is 0 Å². The van der Waals surface area contributed by atoms with Crippen LogP contribution >= 0.6 is 15.9 Å². The molecule has 0 amide bonds. The molecule has 0 bridgehead atoms. The van der Waals surface area contributed by atoms with Gasteiger partial charge in [-0.2, -0.15) is 0 Å². The van der Waals surface area contributed by atoms with Crippen LogP contribution in [0.5, 0.6) is 0 Å². The van der Waals surface area contributed by atoms with Crippen molar-refractivity contribution in [2.45, 2.75) is 33.2 Å². The topological polar surface area (TPSA) is 12.0 Å². The van der Waals surface area contributed by atoms with Gasteiger partial charge in [0.1, 0.15) is 5.82 Å². The second kappa shape index (κ2) is 7.19. The molecule has 1 nitrogen and oxygen atoms in total. The molecular formula is C18H21BrFN. The van der Waals surface area contributed by atoms with Crippen molar-refractivity contribution in [3.8, 4) is 0 Å². The van der Waals surface area contributed by atoms with Crippen LogP contribution in [-0.4, -0.2) is 6.54 Å². The molecule has 2 rings (SSSR count). The standard InChI is InChI=1S/C18H21BrFN/c1-4-7-21-18(14-8-12(2)9-15(19)10-14)17-11-16(20)6-5-13(17)3/h5-6,8-11,18,21H,4,7H2,1-3H3. The summed E-state index contributed by atoms with van der Waals surface area (Å²) >= 11 is 3.55. The number of rotatable bonds is 5. The highest BCUT2D eigenvalue weighted by Crippen LogP contribution is 2.28. The zero-order valence-corrected chi connectivity index (χ0v) is 14.3. The molecule has 112 valence electrons. The Morgan fingerprint density at radius 3 is 2.57 bits per heavy atom. The van der Waals surface area contributed by atoms with Crippen LogP contribution in [0.25, 0.3) is 0 Å². The Hall–Kier alpha value is -1.19. The number of benzene rings is 2. The normalized spacial score (nSPS) is 12.4. The maximum atomic E-state index is 13.7. The van der Waals surface area contributed by atoms with Crippen molar-refractivity contribution >= 4 is 15.9 Å². The van der Waals surface area contributed by atoms with Crippen molar-refractivity contribution in [3.63, 3.8) is 0 Å². The van der Waals surface area contributed by atoms with Crippen LogP contribution in [0.1, 0.15) is 41.6 Å². The van der Waals surface area contributed by atoms with E-state index in [4.69, 9.17) is 0 Å². The first kappa shape index (κ1) is 16.2. The van der Waals surface area contributed by atoms with Crippen LogP contribution < -0.4 is 5.32 Å². The zero-order valence-electron chi connectivity index (χ0n) is 12.7. The Morgan fingerprint density at radius 1 is 1.14 bits per heavy atom. The first-order valence-corrected chi connectivity index (χ1v) is 8.07. The van der Waals surface area contributed by atoms with Crippen molar-refractivity contribution in [1.29, 1.82) is 0 Å². The molecule has 2 aromatic rings. The summed E-state index contributed by atoms with van der Waals surface area (Å²) in [7, 11) is 0. The summed E-state index contributed by atoms with van der Waals surface area (Å²) in [6.07, 6.45) is 1.04. The molecular weight excluding hydrogens is 329 g/mol. The summed E-state index contributed by atoms with van der Waals surface area (Å²) < 4.78 is 14.7. The largest absolute Gasteiger partial charge is 0.306 e. The van der Waals surface area contributed by atoms with E-state index in [1.54, 1.807) is 6.07 Å². The summed E-state index contributed by atoms with van der Waals surface area (Å²) in [6.45, 7) is 7.13. The van der Waals surface area contributed by atoms with Gasteiger partial charge in [-0.05, 0) is 73.3 Å². The molecule has 0 radical (unpaired) electrons. The Balaban J connectivity index is 2.49. The van der Waals surface area contributed by atoms with E-state index >= 15 is 0 Å². The lowest BCUT2D eigenvalue weighted by Crippen LogP contribution is -2.24. The van der Waals surface area contributed by atoms with Crippen LogP contribution in [-0.2, 0) is 0 Å². The second-order valence-corrected chi connectivity index (χ2v) is 6.37. The lowest BCUT2D eigenvalue weighted by Gasteiger charge is -2.22. The van der Waals surface area contributed by atoms with E-state index in [1.807, 2.05) is 13.0 Å². The molecule has 0 aliphatic carbocycles.